The number of anilines is 1. The second-order valence-corrected chi connectivity index (χ2v) is 6.67. The van der Waals surface area contributed by atoms with E-state index in [9.17, 15) is 0 Å². The lowest BCUT2D eigenvalue weighted by atomic mass is 10.1. The molecule has 0 aliphatic carbocycles. The zero-order valence-corrected chi connectivity index (χ0v) is 12.2. The molecule has 1 aromatic carbocycles. The van der Waals surface area contributed by atoms with Gasteiger partial charge in [0.15, 0.2) is 0 Å². The highest BCUT2D eigenvalue weighted by atomic mass is 79.9. The molecular weight excluding hydrogens is 282 g/mol. The minimum Gasteiger partial charge on any atom is -0.381 e. The number of thioether (sulfide) groups is 1. The molecule has 2 unspecified atom stereocenters. The van der Waals surface area contributed by atoms with E-state index < -0.39 is 0 Å². The van der Waals surface area contributed by atoms with E-state index in [1.807, 2.05) is 0 Å². The molecule has 1 heterocycles. The Kier molecular flexibility index (Phi) is 4.20. The fraction of sp³-hybridized carbons (Fsp3) is 0.538. The van der Waals surface area contributed by atoms with Crippen molar-refractivity contribution in [3.63, 3.8) is 0 Å². The highest BCUT2D eigenvalue weighted by molar-refractivity contribution is 9.10. The van der Waals surface area contributed by atoms with E-state index in [0.29, 0.717) is 6.04 Å². The van der Waals surface area contributed by atoms with Crippen molar-refractivity contribution >= 4 is 33.4 Å². The smallest absolute Gasteiger partial charge is 0.0385 e. The fourth-order valence-electron chi connectivity index (χ4n) is 2.12. The van der Waals surface area contributed by atoms with Gasteiger partial charge in [-0.15, -0.1) is 0 Å². The average molecular weight is 300 g/mol. The summed E-state index contributed by atoms with van der Waals surface area (Å²) < 4.78 is 1.17. The molecule has 0 spiro atoms. The topological polar surface area (TPSA) is 12.0 Å². The predicted molar refractivity (Wildman–Crippen MR) is 77.5 cm³/mol. The monoisotopic (exact) mass is 299 g/mol. The van der Waals surface area contributed by atoms with Crippen LogP contribution in [-0.2, 0) is 6.42 Å². The predicted octanol–water partition coefficient (Wildman–Crippen LogP) is 4.32. The van der Waals surface area contributed by atoms with E-state index in [1.165, 1.54) is 27.9 Å². The average Bonchev–Trinajstić information content (AvgIpc) is 2.67. The van der Waals surface area contributed by atoms with Gasteiger partial charge >= 0.3 is 0 Å². The summed E-state index contributed by atoms with van der Waals surface area (Å²) >= 11 is 5.60. The van der Waals surface area contributed by atoms with Crippen LogP contribution in [0.4, 0.5) is 5.69 Å². The lowest BCUT2D eigenvalue weighted by Crippen LogP contribution is -2.25. The number of hydrogen-bond acceptors (Lipinski definition) is 2. The number of aryl methyl sites for hydroxylation is 1. The first-order chi connectivity index (χ1) is 7.70. The quantitative estimate of drug-likeness (QED) is 0.892. The van der Waals surface area contributed by atoms with Gasteiger partial charge in [0.1, 0.15) is 0 Å². The van der Waals surface area contributed by atoms with E-state index in [2.05, 4.69) is 65.1 Å². The molecule has 3 heteroatoms. The first-order valence-electron chi connectivity index (χ1n) is 5.87. The minimum atomic E-state index is 0.636. The maximum Gasteiger partial charge on any atom is 0.0385 e. The minimum absolute atomic E-state index is 0.636. The summed E-state index contributed by atoms with van der Waals surface area (Å²) in [5.41, 5.74) is 2.71. The maximum absolute atomic E-state index is 3.70. The molecule has 1 aromatic rings. The van der Waals surface area contributed by atoms with Gasteiger partial charge in [-0.3, -0.25) is 0 Å². The van der Waals surface area contributed by atoms with E-state index in [1.54, 1.807) is 0 Å². The fourth-order valence-corrected chi connectivity index (χ4v) is 3.72. The summed E-state index contributed by atoms with van der Waals surface area (Å²) in [7, 11) is 0. The Hall–Kier alpha value is -0.150. The van der Waals surface area contributed by atoms with Crippen LogP contribution in [0.15, 0.2) is 22.7 Å². The van der Waals surface area contributed by atoms with Gasteiger partial charge in [-0.2, -0.15) is 11.8 Å². The molecule has 1 saturated heterocycles. The molecule has 0 aromatic heterocycles. The molecule has 0 amide bonds. The van der Waals surface area contributed by atoms with Crippen LogP contribution in [-0.4, -0.2) is 17.0 Å². The molecule has 0 radical (unpaired) electrons. The summed E-state index contributed by atoms with van der Waals surface area (Å²) in [6.45, 7) is 4.53. The number of rotatable bonds is 3. The van der Waals surface area contributed by atoms with Gasteiger partial charge in [0, 0.05) is 21.5 Å². The summed E-state index contributed by atoms with van der Waals surface area (Å²) in [5, 5.41) is 4.43. The Labute approximate surface area is 111 Å². The summed E-state index contributed by atoms with van der Waals surface area (Å²) in [6, 6.07) is 7.17. The van der Waals surface area contributed by atoms with E-state index >= 15 is 0 Å². The normalized spacial score (nSPS) is 24.7. The zero-order valence-electron chi connectivity index (χ0n) is 9.79. The third-order valence-corrected chi connectivity index (χ3v) is 4.98. The third-order valence-electron chi connectivity index (χ3n) is 3.17. The Morgan fingerprint density at radius 1 is 1.50 bits per heavy atom. The van der Waals surface area contributed by atoms with Crippen molar-refractivity contribution < 1.29 is 0 Å². The van der Waals surface area contributed by atoms with Crippen LogP contribution in [0, 0.1) is 0 Å². The summed E-state index contributed by atoms with van der Waals surface area (Å²) in [6.07, 6.45) is 2.36. The van der Waals surface area contributed by atoms with Gasteiger partial charge in [0.2, 0.25) is 0 Å². The SMILES string of the molecule is CCc1cc(Br)ccc1NC1CCSC1C. The van der Waals surface area contributed by atoms with Gasteiger partial charge in [0.25, 0.3) is 0 Å². The van der Waals surface area contributed by atoms with E-state index in [4.69, 9.17) is 0 Å². The largest absolute Gasteiger partial charge is 0.381 e. The highest BCUT2D eigenvalue weighted by Crippen LogP contribution is 2.30. The molecule has 16 heavy (non-hydrogen) atoms. The van der Waals surface area contributed by atoms with Crippen molar-refractivity contribution in [2.24, 2.45) is 0 Å². The molecule has 1 nitrogen and oxygen atoms in total. The molecule has 1 N–H and O–H groups in total. The van der Waals surface area contributed by atoms with Crippen LogP contribution in [0.1, 0.15) is 25.8 Å². The molecule has 0 bridgehead atoms. The van der Waals surface area contributed by atoms with Crippen molar-refractivity contribution in [1.29, 1.82) is 0 Å². The van der Waals surface area contributed by atoms with Crippen LogP contribution in [0.2, 0.25) is 0 Å². The van der Waals surface area contributed by atoms with Crippen molar-refractivity contribution in [2.45, 2.75) is 38.0 Å². The molecule has 1 fully saturated rings. The highest BCUT2D eigenvalue weighted by Gasteiger charge is 2.24. The number of hydrogen-bond donors (Lipinski definition) is 1. The van der Waals surface area contributed by atoms with Gasteiger partial charge in [-0.05, 0) is 42.4 Å². The van der Waals surface area contributed by atoms with Gasteiger partial charge in [-0.1, -0.05) is 29.8 Å². The lowest BCUT2D eigenvalue weighted by Gasteiger charge is -2.20. The lowest BCUT2D eigenvalue weighted by molar-refractivity contribution is 0.722. The van der Waals surface area contributed by atoms with E-state index in [-0.39, 0.29) is 0 Å². The molecule has 88 valence electrons. The van der Waals surface area contributed by atoms with Crippen molar-refractivity contribution in [3.8, 4) is 0 Å². The zero-order chi connectivity index (χ0) is 11.5. The number of benzene rings is 1. The van der Waals surface area contributed by atoms with Gasteiger partial charge in [-0.25, -0.2) is 0 Å². The first-order valence-corrected chi connectivity index (χ1v) is 7.71. The van der Waals surface area contributed by atoms with Crippen LogP contribution >= 0.6 is 27.7 Å². The van der Waals surface area contributed by atoms with Gasteiger partial charge in [0.05, 0.1) is 0 Å². The van der Waals surface area contributed by atoms with Gasteiger partial charge < -0.3 is 5.32 Å². The van der Waals surface area contributed by atoms with E-state index in [0.717, 1.165) is 11.7 Å². The Bertz CT molecular complexity index is 367. The number of nitrogens with one attached hydrogen (secondary N) is 1. The summed E-state index contributed by atoms with van der Waals surface area (Å²) in [5.74, 6) is 1.29. The molecule has 2 rings (SSSR count). The first kappa shape index (κ1) is 12.3. The molecule has 2 atom stereocenters. The molecule has 0 saturated carbocycles. The molecular formula is C13H18BrNS. The Morgan fingerprint density at radius 2 is 2.31 bits per heavy atom. The summed E-state index contributed by atoms with van der Waals surface area (Å²) in [4.78, 5) is 0. The van der Waals surface area contributed by atoms with Crippen molar-refractivity contribution in [1.82, 2.24) is 0 Å². The van der Waals surface area contributed by atoms with Crippen LogP contribution in [0.25, 0.3) is 0 Å². The Morgan fingerprint density at radius 3 is 2.94 bits per heavy atom. The van der Waals surface area contributed by atoms with Crippen LogP contribution in [0.5, 0.6) is 0 Å². The van der Waals surface area contributed by atoms with Crippen LogP contribution < -0.4 is 5.32 Å². The molecule has 1 aliphatic rings. The van der Waals surface area contributed by atoms with Crippen molar-refractivity contribution in [3.05, 3.63) is 28.2 Å². The standard InChI is InChI=1S/C13H18BrNS/c1-3-10-8-11(14)4-5-13(10)15-12-6-7-16-9(12)2/h4-5,8-9,12,15H,3,6-7H2,1-2H3. The third kappa shape index (κ3) is 2.75. The van der Waals surface area contributed by atoms with Crippen molar-refractivity contribution in [2.75, 3.05) is 11.1 Å². The molecule has 1 aliphatic heterocycles. The second-order valence-electron chi connectivity index (χ2n) is 4.27. The maximum atomic E-state index is 3.70. The van der Waals surface area contributed by atoms with Crippen LogP contribution in [0.3, 0.4) is 0 Å². The Balaban J connectivity index is 2.14. The number of halogens is 1. The second kappa shape index (κ2) is 5.46.